The second kappa shape index (κ2) is 5.87. The van der Waals surface area contributed by atoms with E-state index in [0.717, 1.165) is 20.9 Å². The minimum atomic E-state index is -0.910. The lowest BCUT2D eigenvalue weighted by atomic mass is 10.0. The van der Waals surface area contributed by atoms with Gasteiger partial charge < -0.3 is 5.11 Å². The predicted octanol–water partition coefficient (Wildman–Crippen LogP) is 3.72. The molecule has 2 rings (SSSR count). The van der Waals surface area contributed by atoms with Crippen LogP contribution < -0.4 is 0 Å². The molecule has 1 aliphatic rings. The zero-order valence-electron chi connectivity index (χ0n) is 9.94. The SMILES string of the molecule is Cc1sc(CSC2CCCCC2)nc1C(=O)O. The molecular formula is C12H17NO2S2. The van der Waals surface area contributed by atoms with E-state index in [2.05, 4.69) is 4.98 Å². The van der Waals surface area contributed by atoms with Gasteiger partial charge in [0, 0.05) is 15.9 Å². The maximum absolute atomic E-state index is 10.9. The Morgan fingerprint density at radius 2 is 2.18 bits per heavy atom. The highest BCUT2D eigenvalue weighted by molar-refractivity contribution is 7.99. The lowest BCUT2D eigenvalue weighted by Gasteiger charge is -2.20. The molecule has 94 valence electrons. The highest BCUT2D eigenvalue weighted by Crippen LogP contribution is 2.31. The Hall–Kier alpha value is -0.550. The van der Waals surface area contributed by atoms with E-state index in [-0.39, 0.29) is 5.69 Å². The van der Waals surface area contributed by atoms with Crippen LogP contribution in [0.4, 0.5) is 0 Å². The van der Waals surface area contributed by atoms with Crippen LogP contribution in [0.1, 0.15) is 52.5 Å². The first-order valence-corrected chi connectivity index (χ1v) is 7.84. The van der Waals surface area contributed by atoms with Crippen LogP contribution in [0, 0.1) is 6.92 Å². The van der Waals surface area contributed by atoms with E-state index < -0.39 is 5.97 Å². The average molecular weight is 271 g/mol. The molecule has 0 saturated heterocycles. The topological polar surface area (TPSA) is 50.2 Å². The summed E-state index contributed by atoms with van der Waals surface area (Å²) in [7, 11) is 0. The maximum Gasteiger partial charge on any atom is 0.355 e. The van der Waals surface area contributed by atoms with E-state index in [9.17, 15) is 4.79 Å². The van der Waals surface area contributed by atoms with E-state index in [1.165, 1.54) is 43.4 Å². The Kier molecular flexibility index (Phi) is 4.45. The third-order valence-corrected chi connectivity index (χ3v) is 5.57. The highest BCUT2D eigenvalue weighted by Gasteiger charge is 2.17. The van der Waals surface area contributed by atoms with Crippen LogP contribution in [-0.4, -0.2) is 21.3 Å². The third-order valence-electron chi connectivity index (χ3n) is 3.04. The van der Waals surface area contributed by atoms with E-state index >= 15 is 0 Å². The summed E-state index contributed by atoms with van der Waals surface area (Å²) in [6.45, 7) is 1.83. The molecule has 0 atom stereocenters. The van der Waals surface area contributed by atoms with Gasteiger partial charge in [0.15, 0.2) is 5.69 Å². The van der Waals surface area contributed by atoms with E-state index in [4.69, 9.17) is 5.11 Å². The van der Waals surface area contributed by atoms with Crippen LogP contribution in [0.25, 0.3) is 0 Å². The molecule has 3 nitrogen and oxygen atoms in total. The molecule has 1 aromatic rings. The molecule has 1 aromatic heterocycles. The monoisotopic (exact) mass is 271 g/mol. The molecule has 1 heterocycles. The van der Waals surface area contributed by atoms with Gasteiger partial charge in [-0.15, -0.1) is 11.3 Å². The van der Waals surface area contributed by atoms with Crippen molar-refractivity contribution in [1.82, 2.24) is 4.98 Å². The van der Waals surface area contributed by atoms with Crippen molar-refractivity contribution >= 4 is 29.1 Å². The number of carboxylic acid groups (broad SMARTS) is 1. The van der Waals surface area contributed by atoms with Crippen LogP contribution in [0.5, 0.6) is 0 Å². The second-order valence-electron chi connectivity index (χ2n) is 4.39. The fraction of sp³-hybridized carbons (Fsp3) is 0.667. The molecule has 0 unspecified atom stereocenters. The van der Waals surface area contributed by atoms with Crippen LogP contribution in [0.2, 0.25) is 0 Å². The number of aromatic nitrogens is 1. The number of aromatic carboxylic acids is 1. The summed E-state index contributed by atoms with van der Waals surface area (Å²) in [6, 6.07) is 0. The zero-order chi connectivity index (χ0) is 12.3. The van der Waals surface area contributed by atoms with Gasteiger partial charge in [0.1, 0.15) is 5.01 Å². The van der Waals surface area contributed by atoms with Crippen LogP contribution >= 0.6 is 23.1 Å². The van der Waals surface area contributed by atoms with Gasteiger partial charge in [0.05, 0.1) is 0 Å². The Morgan fingerprint density at radius 1 is 1.47 bits per heavy atom. The summed E-state index contributed by atoms with van der Waals surface area (Å²) < 4.78 is 0. The number of rotatable bonds is 4. The number of carboxylic acids is 1. The number of carbonyl (C=O) groups is 1. The first-order valence-electron chi connectivity index (χ1n) is 5.98. The van der Waals surface area contributed by atoms with Crippen molar-refractivity contribution in [1.29, 1.82) is 0 Å². The zero-order valence-corrected chi connectivity index (χ0v) is 11.6. The summed E-state index contributed by atoms with van der Waals surface area (Å²) in [6.07, 6.45) is 6.67. The molecule has 0 bridgehead atoms. The molecule has 1 N–H and O–H groups in total. The molecule has 5 heteroatoms. The molecule has 0 spiro atoms. The standard InChI is InChI=1S/C12H17NO2S2/c1-8-11(12(14)15)13-10(17-8)7-16-9-5-3-2-4-6-9/h9H,2-7H2,1H3,(H,14,15). The van der Waals surface area contributed by atoms with Crippen molar-refractivity contribution in [2.75, 3.05) is 0 Å². The van der Waals surface area contributed by atoms with Crippen molar-refractivity contribution in [3.05, 3.63) is 15.6 Å². The fourth-order valence-corrected chi connectivity index (χ4v) is 4.40. The van der Waals surface area contributed by atoms with Gasteiger partial charge >= 0.3 is 5.97 Å². The summed E-state index contributed by atoms with van der Waals surface area (Å²) >= 11 is 3.46. The smallest absolute Gasteiger partial charge is 0.355 e. The number of aryl methyl sites for hydroxylation is 1. The largest absolute Gasteiger partial charge is 0.476 e. The number of thioether (sulfide) groups is 1. The quantitative estimate of drug-likeness (QED) is 0.907. The van der Waals surface area contributed by atoms with Crippen molar-refractivity contribution in [3.8, 4) is 0 Å². The molecule has 1 aliphatic carbocycles. The molecule has 1 fully saturated rings. The first-order chi connectivity index (χ1) is 8.16. The fourth-order valence-electron chi connectivity index (χ4n) is 2.13. The van der Waals surface area contributed by atoms with Crippen molar-refractivity contribution in [2.24, 2.45) is 0 Å². The average Bonchev–Trinajstić information content (AvgIpc) is 2.69. The van der Waals surface area contributed by atoms with Crippen molar-refractivity contribution in [2.45, 2.75) is 50.0 Å². The third kappa shape index (κ3) is 3.45. The normalized spacial score (nSPS) is 17.2. The number of hydrogen-bond donors (Lipinski definition) is 1. The van der Waals surface area contributed by atoms with E-state index in [1.807, 2.05) is 18.7 Å². The predicted molar refractivity (Wildman–Crippen MR) is 72.0 cm³/mol. The highest BCUT2D eigenvalue weighted by atomic mass is 32.2. The summed E-state index contributed by atoms with van der Waals surface area (Å²) in [5.74, 6) is -0.0450. The summed E-state index contributed by atoms with van der Waals surface area (Å²) in [5, 5.41) is 10.6. The van der Waals surface area contributed by atoms with Gasteiger partial charge in [-0.3, -0.25) is 0 Å². The van der Waals surface area contributed by atoms with E-state index in [0.29, 0.717) is 0 Å². The maximum atomic E-state index is 10.9. The van der Waals surface area contributed by atoms with E-state index in [1.54, 1.807) is 0 Å². The molecule has 17 heavy (non-hydrogen) atoms. The lowest BCUT2D eigenvalue weighted by Crippen LogP contribution is -2.08. The summed E-state index contributed by atoms with van der Waals surface area (Å²) in [4.78, 5) is 15.9. The second-order valence-corrected chi connectivity index (χ2v) is 6.96. The summed E-state index contributed by atoms with van der Waals surface area (Å²) in [5.41, 5.74) is 0.231. The lowest BCUT2D eigenvalue weighted by molar-refractivity contribution is 0.0690. The minimum Gasteiger partial charge on any atom is -0.476 e. The van der Waals surface area contributed by atoms with Crippen LogP contribution in [-0.2, 0) is 5.75 Å². The Bertz CT molecular complexity index is 397. The van der Waals surface area contributed by atoms with Gasteiger partial charge in [-0.2, -0.15) is 11.8 Å². The Morgan fingerprint density at radius 3 is 2.76 bits per heavy atom. The Balaban J connectivity index is 1.90. The van der Waals surface area contributed by atoms with Gasteiger partial charge in [0.2, 0.25) is 0 Å². The molecule has 1 saturated carbocycles. The van der Waals surface area contributed by atoms with Crippen LogP contribution in [0.15, 0.2) is 0 Å². The van der Waals surface area contributed by atoms with Crippen LogP contribution in [0.3, 0.4) is 0 Å². The van der Waals surface area contributed by atoms with Gasteiger partial charge in [-0.05, 0) is 19.8 Å². The van der Waals surface area contributed by atoms with Gasteiger partial charge in [0.25, 0.3) is 0 Å². The van der Waals surface area contributed by atoms with Crippen molar-refractivity contribution in [3.63, 3.8) is 0 Å². The van der Waals surface area contributed by atoms with Gasteiger partial charge in [-0.1, -0.05) is 19.3 Å². The number of hydrogen-bond acceptors (Lipinski definition) is 4. The minimum absolute atomic E-state index is 0.231. The first kappa shape index (κ1) is 12.9. The molecular weight excluding hydrogens is 254 g/mol. The molecule has 0 aromatic carbocycles. The molecule has 0 amide bonds. The van der Waals surface area contributed by atoms with Gasteiger partial charge in [-0.25, -0.2) is 9.78 Å². The molecule has 0 aliphatic heterocycles. The molecule has 0 radical (unpaired) electrons. The Labute approximate surface area is 110 Å². The number of nitrogens with zero attached hydrogens (tertiary/aromatic N) is 1. The van der Waals surface area contributed by atoms with Crippen molar-refractivity contribution < 1.29 is 9.90 Å². The number of thiazole rings is 1.